The first-order valence-corrected chi connectivity index (χ1v) is 6.36. The Kier molecular flexibility index (Phi) is 3.25. The van der Waals surface area contributed by atoms with Crippen LogP contribution in [0.5, 0.6) is 0 Å². The van der Waals surface area contributed by atoms with Gasteiger partial charge in [-0.05, 0) is 23.8 Å². The molecule has 0 fully saturated rings. The van der Waals surface area contributed by atoms with Crippen LogP contribution in [0, 0.1) is 17.1 Å². The van der Waals surface area contributed by atoms with Crippen molar-refractivity contribution in [2.75, 3.05) is 0 Å². The number of fused-ring (bicyclic) bond motifs is 1. The van der Waals surface area contributed by atoms with Crippen LogP contribution in [0.4, 0.5) is 4.39 Å². The molecule has 0 amide bonds. The number of hydrogen-bond acceptors (Lipinski definition) is 3. The first-order valence-electron chi connectivity index (χ1n) is 6.36. The Bertz CT molecular complexity index is 843. The van der Waals surface area contributed by atoms with Crippen LogP contribution >= 0.6 is 0 Å². The van der Waals surface area contributed by atoms with Gasteiger partial charge in [0.15, 0.2) is 5.78 Å². The van der Waals surface area contributed by atoms with E-state index in [2.05, 4.69) is 0 Å². The third kappa shape index (κ3) is 2.30. The molecule has 4 heteroatoms. The molecule has 0 aliphatic carbocycles. The van der Waals surface area contributed by atoms with Gasteiger partial charge in [0.25, 0.3) is 0 Å². The van der Waals surface area contributed by atoms with Gasteiger partial charge in [-0.15, -0.1) is 0 Å². The number of nitriles is 1. The largest absolute Gasteiger partial charge is 0.464 e. The van der Waals surface area contributed by atoms with Gasteiger partial charge in [0.1, 0.15) is 23.6 Å². The molecule has 0 bridgehead atoms. The summed E-state index contributed by atoms with van der Waals surface area (Å²) in [6, 6.07) is 14.5. The lowest BCUT2D eigenvalue weighted by Crippen LogP contribution is -2.10. The summed E-state index contributed by atoms with van der Waals surface area (Å²) in [7, 11) is 0. The number of carbonyl (C=O) groups is 1. The Morgan fingerprint density at radius 3 is 2.57 bits per heavy atom. The number of hydrogen-bond donors (Lipinski definition) is 0. The molecule has 2 aromatic carbocycles. The molecule has 3 nitrogen and oxygen atoms in total. The second-order valence-electron chi connectivity index (χ2n) is 4.62. The van der Waals surface area contributed by atoms with Crippen LogP contribution in [0.2, 0.25) is 0 Å². The summed E-state index contributed by atoms with van der Waals surface area (Å²) in [6.45, 7) is 0. The van der Waals surface area contributed by atoms with Crippen molar-refractivity contribution in [3.8, 4) is 6.07 Å². The lowest BCUT2D eigenvalue weighted by molar-refractivity contribution is 0.0979. The zero-order valence-corrected chi connectivity index (χ0v) is 10.9. The van der Waals surface area contributed by atoms with Crippen molar-refractivity contribution in [1.29, 1.82) is 5.26 Å². The summed E-state index contributed by atoms with van der Waals surface area (Å²) >= 11 is 0. The Balaban J connectivity index is 2.03. The van der Waals surface area contributed by atoms with E-state index in [1.807, 2.05) is 12.1 Å². The quantitative estimate of drug-likeness (QED) is 0.679. The van der Waals surface area contributed by atoms with Crippen LogP contribution in [0.1, 0.15) is 21.8 Å². The van der Waals surface area contributed by atoms with E-state index in [9.17, 15) is 14.4 Å². The summed E-state index contributed by atoms with van der Waals surface area (Å²) in [5.74, 6) is -1.74. The van der Waals surface area contributed by atoms with Crippen molar-refractivity contribution in [2.45, 2.75) is 5.92 Å². The maximum absolute atomic E-state index is 13.0. The zero-order valence-electron chi connectivity index (χ0n) is 10.9. The monoisotopic (exact) mass is 279 g/mol. The molecule has 0 aliphatic rings. The number of furan rings is 1. The van der Waals surface area contributed by atoms with E-state index in [-0.39, 0.29) is 5.78 Å². The highest BCUT2D eigenvalue weighted by Gasteiger charge is 2.24. The van der Waals surface area contributed by atoms with E-state index in [0.29, 0.717) is 22.1 Å². The zero-order chi connectivity index (χ0) is 14.8. The van der Waals surface area contributed by atoms with Crippen molar-refractivity contribution in [2.24, 2.45) is 0 Å². The van der Waals surface area contributed by atoms with Gasteiger partial charge in [-0.1, -0.05) is 30.3 Å². The second kappa shape index (κ2) is 5.22. The Hall–Kier alpha value is -2.93. The highest BCUT2D eigenvalue weighted by Crippen LogP contribution is 2.27. The highest BCUT2D eigenvalue weighted by molar-refractivity contribution is 6.11. The van der Waals surface area contributed by atoms with Gasteiger partial charge >= 0.3 is 0 Å². The number of Topliss-reactive ketones (excluding diaryl/α,β-unsaturated/α-hetero) is 1. The van der Waals surface area contributed by atoms with Crippen molar-refractivity contribution in [1.82, 2.24) is 0 Å². The van der Waals surface area contributed by atoms with Gasteiger partial charge < -0.3 is 4.42 Å². The molecule has 1 heterocycles. The van der Waals surface area contributed by atoms with Crippen molar-refractivity contribution >= 4 is 16.8 Å². The van der Waals surface area contributed by atoms with Gasteiger partial charge in [0.2, 0.25) is 0 Å². The molecular formula is C17H10FNO2. The maximum atomic E-state index is 13.0. The minimum absolute atomic E-state index is 0.353. The van der Waals surface area contributed by atoms with Gasteiger partial charge in [-0.2, -0.15) is 5.26 Å². The Labute approximate surface area is 120 Å². The van der Waals surface area contributed by atoms with Crippen molar-refractivity contribution in [3.63, 3.8) is 0 Å². The Morgan fingerprint density at radius 2 is 1.86 bits per heavy atom. The summed E-state index contributed by atoms with van der Waals surface area (Å²) in [5.41, 5.74) is 1.42. The number of carbonyl (C=O) groups excluding carboxylic acids is 1. The van der Waals surface area contributed by atoms with Crippen molar-refractivity contribution < 1.29 is 13.6 Å². The van der Waals surface area contributed by atoms with Crippen LogP contribution in [-0.4, -0.2) is 5.78 Å². The molecular weight excluding hydrogens is 269 g/mol. The van der Waals surface area contributed by atoms with Crippen molar-refractivity contribution in [3.05, 3.63) is 71.7 Å². The standard InChI is InChI=1S/C17H10FNO2/c18-12-7-5-11(6-8-12)14(9-19)17(20)15-10-21-16-4-2-1-3-13(15)16/h1-8,10,14H. The van der Waals surface area contributed by atoms with E-state index in [4.69, 9.17) is 4.42 Å². The topological polar surface area (TPSA) is 54.0 Å². The third-order valence-electron chi connectivity index (χ3n) is 3.34. The van der Waals surface area contributed by atoms with Crippen LogP contribution < -0.4 is 0 Å². The summed E-state index contributed by atoms with van der Waals surface area (Å²) in [6.07, 6.45) is 1.36. The van der Waals surface area contributed by atoms with Gasteiger partial charge in [0, 0.05) is 5.39 Å². The molecule has 0 spiro atoms. The average Bonchev–Trinajstić information content (AvgIpc) is 2.94. The van der Waals surface area contributed by atoms with E-state index >= 15 is 0 Å². The third-order valence-corrected chi connectivity index (χ3v) is 3.34. The smallest absolute Gasteiger partial charge is 0.188 e. The molecule has 0 aliphatic heterocycles. The maximum Gasteiger partial charge on any atom is 0.188 e. The molecule has 3 rings (SSSR count). The van der Waals surface area contributed by atoms with Gasteiger partial charge in [-0.3, -0.25) is 4.79 Å². The van der Waals surface area contributed by atoms with E-state index < -0.39 is 11.7 Å². The number of para-hydroxylation sites is 1. The number of nitrogens with zero attached hydrogens (tertiary/aromatic N) is 1. The molecule has 0 N–H and O–H groups in total. The fourth-order valence-corrected chi connectivity index (χ4v) is 2.26. The summed E-state index contributed by atoms with van der Waals surface area (Å²) in [4.78, 5) is 12.6. The first-order chi connectivity index (χ1) is 10.2. The van der Waals surface area contributed by atoms with E-state index in [0.717, 1.165) is 0 Å². The van der Waals surface area contributed by atoms with Crippen LogP contribution in [0.25, 0.3) is 11.0 Å². The molecule has 102 valence electrons. The van der Waals surface area contributed by atoms with Gasteiger partial charge in [0.05, 0.1) is 11.6 Å². The summed E-state index contributed by atoms with van der Waals surface area (Å²) in [5, 5.41) is 9.97. The predicted octanol–water partition coefficient (Wildman–Crippen LogP) is 4.06. The number of benzene rings is 2. The van der Waals surface area contributed by atoms with Crippen LogP contribution in [0.3, 0.4) is 0 Å². The lowest BCUT2D eigenvalue weighted by Gasteiger charge is -2.07. The fraction of sp³-hybridized carbons (Fsp3) is 0.0588. The van der Waals surface area contributed by atoms with E-state index in [1.165, 1.54) is 30.5 Å². The minimum atomic E-state index is -0.980. The SMILES string of the molecule is N#CC(C(=O)c1coc2ccccc12)c1ccc(F)cc1. The molecule has 0 saturated carbocycles. The number of halogens is 1. The molecule has 3 aromatic rings. The highest BCUT2D eigenvalue weighted by atomic mass is 19.1. The van der Waals surface area contributed by atoms with Crippen LogP contribution in [-0.2, 0) is 0 Å². The van der Waals surface area contributed by atoms with E-state index in [1.54, 1.807) is 18.2 Å². The second-order valence-corrected chi connectivity index (χ2v) is 4.62. The Morgan fingerprint density at radius 1 is 1.14 bits per heavy atom. The molecule has 0 saturated heterocycles. The molecule has 21 heavy (non-hydrogen) atoms. The van der Waals surface area contributed by atoms with Gasteiger partial charge in [-0.25, -0.2) is 4.39 Å². The molecule has 1 unspecified atom stereocenters. The molecule has 0 radical (unpaired) electrons. The van der Waals surface area contributed by atoms with Crippen LogP contribution in [0.15, 0.2) is 59.2 Å². The first kappa shape index (κ1) is 13.1. The summed E-state index contributed by atoms with van der Waals surface area (Å²) < 4.78 is 18.3. The predicted molar refractivity (Wildman–Crippen MR) is 75.3 cm³/mol. The normalized spacial score (nSPS) is 12.0. The average molecular weight is 279 g/mol. The molecule has 1 aromatic heterocycles. The molecule has 1 atom stereocenters. The number of ketones is 1. The fourth-order valence-electron chi connectivity index (χ4n) is 2.26. The number of rotatable bonds is 3. The minimum Gasteiger partial charge on any atom is -0.464 e. The lowest BCUT2D eigenvalue weighted by atomic mass is 9.92.